The lowest BCUT2D eigenvalue weighted by atomic mass is 9.98. The Kier molecular flexibility index (Phi) is 3.81. The summed E-state index contributed by atoms with van der Waals surface area (Å²) < 4.78 is 51.6. The highest BCUT2D eigenvalue weighted by Gasteiger charge is 2.35. The Morgan fingerprint density at radius 3 is 2.35 bits per heavy atom. The molecule has 2 aromatic rings. The van der Waals surface area contributed by atoms with Crippen LogP contribution in [-0.4, -0.2) is 5.78 Å². The first-order valence-corrected chi connectivity index (χ1v) is 5.84. The molecule has 0 aliphatic carbocycles. The Balaban J connectivity index is 2.57. The fourth-order valence-electron chi connectivity index (χ4n) is 1.74. The van der Waals surface area contributed by atoms with E-state index in [2.05, 4.69) is 0 Å². The third-order valence-electron chi connectivity index (χ3n) is 2.62. The number of benzene rings is 2. The normalized spacial score (nSPS) is 11.4. The van der Waals surface area contributed by atoms with Crippen LogP contribution in [0.4, 0.5) is 17.6 Å². The van der Waals surface area contributed by atoms with E-state index in [1.54, 1.807) is 0 Å². The number of rotatable bonds is 2. The summed E-state index contributed by atoms with van der Waals surface area (Å²) in [5, 5.41) is 0.209. The maximum atomic E-state index is 13.1. The van der Waals surface area contributed by atoms with E-state index in [0.29, 0.717) is 18.2 Å². The lowest BCUT2D eigenvalue weighted by molar-refractivity contribution is -0.137. The molecule has 0 unspecified atom stereocenters. The van der Waals surface area contributed by atoms with E-state index in [4.69, 9.17) is 11.6 Å². The van der Waals surface area contributed by atoms with Gasteiger partial charge in [-0.05, 0) is 30.3 Å². The van der Waals surface area contributed by atoms with Crippen molar-refractivity contribution >= 4 is 17.4 Å². The van der Waals surface area contributed by atoms with Crippen molar-refractivity contribution in [3.63, 3.8) is 0 Å². The van der Waals surface area contributed by atoms with E-state index in [1.165, 1.54) is 24.3 Å². The maximum Gasteiger partial charge on any atom is 0.417 e. The van der Waals surface area contributed by atoms with Gasteiger partial charge in [-0.3, -0.25) is 4.79 Å². The molecule has 0 aromatic heterocycles. The smallest absolute Gasteiger partial charge is 0.289 e. The molecule has 6 heteroatoms. The Morgan fingerprint density at radius 1 is 1.05 bits per heavy atom. The highest BCUT2D eigenvalue weighted by molar-refractivity contribution is 6.31. The Hall–Kier alpha value is -1.88. The molecule has 0 saturated heterocycles. The van der Waals surface area contributed by atoms with Gasteiger partial charge in [0.1, 0.15) is 5.82 Å². The van der Waals surface area contributed by atoms with E-state index in [-0.39, 0.29) is 10.6 Å². The van der Waals surface area contributed by atoms with Crippen LogP contribution in [0.25, 0.3) is 0 Å². The van der Waals surface area contributed by atoms with Crippen LogP contribution in [0.5, 0.6) is 0 Å². The number of carbonyl (C=O) groups is 1. The molecule has 0 N–H and O–H groups in total. The number of alkyl halides is 3. The first-order chi connectivity index (χ1) is 9.29. The number of halogens is 5. The first kappa shape index (κ1) is 14.5. The fourth-order valence-corrected chi connectivity index (χ4v) is 1.93. The molecule has 0 atom stereocenters. The molecule has 2 rings (SSSR count). The van der Waals surface area contributed by atoms with Crippen molar-refractivity contribution in [2.75, 3.05) is 0 Å². The van der Waals surface area contributed by atoms with Crippen molar-refractivity contribution in [2.24, 2.45) is 0 Å². The maximum absolute atomic E-state index is 13.1. The minimum Gasteiger partial charge on any atom is -0.289 e. The molecule has 0 fully saturated rings. The summed E-state index contributed by atoms with van der Waals surface area (Å²) in [5.74, 6) is -1.84. The van der Waals surface area contributed by atoms with Gasteiger partial charge in [-0.2, -0.15) is 13.2 Å². The lowest BCUT2D eigenvalue weighted by Gasteiger charge is -2.12. The lowest BCUT2D eigenvalue weighted by Crippen LogP contribution is -2.14. The molecular formula is C14H7ClF4O. The van der Waals surface area contributed by atoms with E-state index >= 15 is 0 Å². The average molecular weight is 303 g/mol. The molecule has 20 heavy (non-hydrogen) atoms. The highest BCUT2D eigenvalue weighted by Crippen LogP contribution is 2.33. The quantitative estimate of drug-likeness (QED) is 0.579. The summed E-state index contributed by atoms with van der Waals surface area (Å²) in [4.78, 5) is 12.1. The molecule has 0 bridgehead atoms. The van der Waals surface area contributed by atoms with E-state index in [0.717, 1.165) is 0 Å². The summed E-state index contributed by atoms with van der Waals surface area (Å²) in [6.45, 7) is 0. The van der Waals surface area contributed by atoms with Crippen molar-refractivity contribution < 1.29 is 22.4 Å². The van der Waals surface area contributed by atoms with Crippen LogP contribution in [-0.2, 0) is 6.18 Å². The number of hydrogen-bond donors (Lipinski definition) is 0. The zero-order valence-electron chi connectivity index (χ0n) is 9.84. The largest absolute Gasteiger partial charge is 0.417 e. The molecule has 104 valence electrons. The van der Waals surface area contributed by atoms with Gasteiger partial charge in [0.05, 0.1) is 5.56 Å². The third kappa shape index (κ3) is 2.99. The van der Waals surface area contributed by atoms with Gasteiger partial charge in [-0.1, -0.05) is 23.7 Å². The highest BCUT2D eigenvalue weighted by atomic mass is 35.5. The van der Waals surface area contributed by atoms with Crippen LogP contribution in [0.3, 0.4) is 0 Å². The first-order valence-electron chi connectivity index (χ1n) is 5.46. The van der Waals surface area contributed by atoms with Crippen LogP contribution in [0.2, 0.25) is 5.02 Å². The van der Waals surface area contributed by atoms with Crippen molar-refractivity contribution in [3.8, 4) is 0 Å². The van der Waals surface area contributed by atoms with Gasteiger partial charge in [-0.25, -0.2) is 4.39 Å². The molecule has 0 amide bonds. The molecule has 0 aliphatic heterocycles. The predicted molar refractivity (Wildman–Crippen MR) is 66.3 cm³/mol. The van der Waals surface area contributed by atoms with Crippen molar-refractivity contribution in [1.29, 1.82) is 0 Å². The number of carbonyl (C=O) groups excluding carboxylic acids is 1. The van der Waals surface area contributed by atoms with Crippen LogP contribution in [0.1, 0.15) is 21.5 Å². The van der Waals surface area contributed by atoms with Gasteiger partial charge in [0.25, 0.3) is 0 Å². The molecule has 1 nitrogen and oxygen atoms in total. The summed E-state index contributed by atoms with van der Waals surface area (Å²) >= 11 is 5.69. The van der Waals surface area contributed by atoms with Crippen LogP contribution in [0.15, 0.2) is 42.5 Å². The zero-order valence-corrected chi connectivity index (χ0v) is 10.6. The van der Waals surface area contributed by atoms with E-state index < -0.39 is 28.9 Å². The predicted octanol–water partition coefficient (Wildman–Crippen LogP) is 4.73. The SMILES string of the molecule is O=C(c1cccc(Cl)c1)c1cc(F)ccc1C(F)(F)F. The fraction of sp³-hybridized carbons (Fsp3) is 0.0714. The van der Waals surface area contributed by atoms with Crippen molar-refractivity contribution in [1.82, 2.24) is 0 Å². The van der Waals surface area contributed by atoms with Gasteiger partial charge < -0.3 is 0 Å². The molecule has 0 spiro atoms. The number of hydrogen-bond acceptors (Lipinski definition) is 1. The van der Waals surface area contributed by atoms with Gasteiger partial charge in [0, 0.05) is 16.1 Å². The van der Waals surface area contributed by atoms with Crippen LogP contribution < -0.4 is 0 Å². The second-order valence-corrected chi connectivity index (χ2v) is 4.46. The summed E-state index contributed by atoms with van der Waals surface area (Å²) in [6.07, 6.45) is -4.74. The minimum atomic E-state index is -4.74. The molecule has 0 heterocycles. The Morgan fingerprint density at radius 2 is 1.75 bits per heavy atom. The molecule has 0 aliphatic rings. The Labute approximate surface area is 116 Å². The number of ketones is 1. The van der Waals surface area contributed by atoms with Crippen LogP contribution >= 0.6 is 11.6 Å². The second-order valence-electron chi connectivity index (χ2n) is 4.03. The van der Waals surface area contributed by atoms with E-state index in [9.17, 15) is 22.4 Å². The summed E-state index contributed by atoms with van der Waals surface area (Å²) in [5.41, 5.74) is -1.95. The van der Waals surface area contributed by atoms with Crippen LogP contribution in [0, 0.1) is 5.82 Å². The molecule has 0 saturated carbocycles. The zero-order chi connectivity index (χ0) is 14.9. The molecule has 0 radical (unpaired) electrons. The van der Waals surface area contributed by atoms with Crippen molar-refractivity contribution in [3.05, 3.63) is 70.0 Å². The third-order valence-corrected chi connectivity index (χ3v) is 2.85. The summed E-state index contributed by atoms with van der Waals surface area (Å²) in [6, 6.07) is 7.25. The standard InChI is InChI=1S/C14H7ClF4O/c15-9-3-1-2-8(6-9)13(20)11-7-10(16)4-5-12(11)14(17,18)19/h1-7H. The van der Waals surface area contributed by atoms with Gasteiger partial charge in [0.15, 0.2) is 5.78 Å². The van der Waals surface area contributed by atoms with Crippen molar-refractivity contribution in [2.45, 2.75) is 6.18 Å². The van der Waals surface area contributed by atoms with Gasteiger partial charge in [0.2, 0.25) is 0 Å². The second kappa shape index (κ2) is 5.25. The van der Waals surface area contributed by atoms with Gasteiger partial charge in [-0.15, -0.1) is 0 Å². The van der Waals surface area contributed by atoms with E-state index in [1.807, 2.05) is 0 Å². The van der Waals surface area contributed by atoms with Gasteiger partial charge >= 0.3 is 6.18 Å². The average Bonchev–Trinajstić information content (AvgIpc) is 2.36. The monoisotopic (exact) mass is 302 g/mol. The Bertz CT molecular complexity index is 664. The minimum absolute atomic E-state index is 0.0337. The topological polar surface area (TPSA) is 17.1 Å². The molecular weight excluding hydrogens is 296 g/mol. The summed E-state index contributed by atoms with van der Waals surface area (Å²) in [7, 11) is 0. The molecule has 2 aromatic carbocycles.